The number of benzene rings is 1. The Bertz CT molecular complexity index is 479. The Hall–Kier alpha value is -0.770. The van der Waals surface area contributed by atoms with Crippen LogP contribution < -0.4 is 0 Å². The van der Waals surface area contributed by atoms with E-state index in [0.717, 1.165) is 25.8 Å². The third-order valence-electron chi connectivity index (χ3n) is 5.10. The minimum absolute atomic E-state index is 0. The molecule has 2 aliphatic rings. The number of phenols is 1. The highest BCUT2D eigenvalue weighted by Crippen LogP contribution is 2.47. The van der Waals surface area contributed by atoms with Crippen LogP contribution in [0.15, 0.2) is 18.2 Å². The van der Waals surface area contributed by atoms with Gasteiger partial charge in [0.1, 0.15) is 5.75 Å². The lowest BCUT2D eigenvalue weighted by Crippen LogP contribution is -2.62. The topological polar surface area (TPSA) is 43.7 Å². The van der Waals surface area contributed by atoms with Gasteiger partial charge in [-0.1, -0.05) is 13.0 Å². The Morgan fingerprint density at radius 2 is 2.16 bits per heavy atom. The molecule has 1 heterocycles. The summed E-state index contributed by atoms with van der Waals surface area (Å²) >= 11 is 0. The molecule has 4 heteroatoms. The monoisotopic (exact) mass is 283 g/mol. The number of hydrogen-bond acceptors (Lipinski definition) is 3. The van der Waals surface area contributed by atoms with Gasteiger partial charge in [0.25, 0.3) is 0 Å². The number of hydrogen-bond donors (Lipinski definition) is 2. The van der Waals surface area contributed by atoms with Crippen LogP contribution in [-0.2, 0) is 11.8 Å². The van der Waals surface area contributed by atoms with E-state index in [0.29, 0.717) is 5.75 Å². The first-order valence-corrected chi connectivity index (χ1v) is 6.79. The van der Waals surface area contributed by atoms with Crippen molar-refractivity contribution in [3.8, 4) is 5.75 Å². The van der Waals surface area contributed by atoms with Crippen LogP contribution in [0.1, 0.15) is 30.9 Å². The maximum Gasteiger partial charge on any atom is 0.115 e. The van der Waals surface area contributed by atoms with Gasteiger partial charge in [-0.25, -0.2) is 0 Å². The molecular weight excluding hydrogens is 262 g/mol. The fourth-order valence-electron chi connectivity index (χ4n) is 3.87. The van der Waals surface area contributed by atoms with E-state index in [2.05, 4.69) is 18.9 Å². The molecule has 0 radical (unpaired) electrons. The Balaban J connectivity index is 0.00000133. The number of likely N-dealkylation sites (N-methyl/N-ethyl adjacent to an activating group) is 1. The second-order valence-corrected chi connectivity index (χ2v) is 5.80. The number of aromatic hydroxyl groups is 1. The van der Waals surface area contributed by atoms with Gasteiger partial charge in [0.05, 0.1) is 6.10 Å². The quantitative estimate of drug-likeness (QED) is 0.829. The molecular formula is C15H22ClNO2. The zero-order valence-electron chi connectivity index (χ0n) is 11.5. The average Bonchev–Trinajstić information content (AvgIpc) is 2.36. The Labute approximate surface area is 120 Å². The predicted octanol–water partition coefficient (Wildman–Crippen LogP) is 2.08. The van der Waals surface area contributed by atoms with Gasteiger partial charge in [-0.2, -0.15) is 0 Å². The smallest absolute Gasteiger partial charge is 0.115 e. The molecule has 2 bridgehead atoms. The van der Waals surface area contributed by atoms with Crippen molar-refractivity contribution in [2.45, 2.75) is 43.7 Å². The highest BCUT2D eigenvalue weighted by atomic mass is 35.5. The lowest BCUT2D eigenvalue weighted by molar-refractivity contribution is -0.0496. The molecule has 3 atom stereocenters. The maximum absolute atomic E-state index is 10.7. The number of nitrogens with zero attached hydrogens (tertiary/aromatic N) is 1. The number of piperidine rings is 1. The van der Waals surface area contributed by atoms with Crippen LogP contribution >= 0.6 is 12.4 Å². The first-order chi connectivity index (χ1) is 8.58. The third-order valence-corrected chi connectivity index (χ3v) is 5.10. The zero-order chi connectivity index (χ0) is 12.9. The molecule has 0 aromatic heterocycles. The molecule has 0 saturated carbocycles. The molecule has 0 spiro atoms. The van der Waals surface area contributed by atoms with Gasteiger partial charge in [-0.3, -0.25) is 0 Å². The minimum atomic E-state index is -0.324. The van der Waals surface area contributed by atoms with Crippen LogP contribution in [0.4, 0.5) is 0 Å². The van der Waals surface area contributed by atoms with Gasteiger partial charge in [-0.05, 0) is 56.1 Å². The van der Waals surface area contributed by atoms with Gasteiger partial charge in [0.2, 0.25) is 0 Å². The molecule has 0 amide bonds. The molecule has 0 unspecified atom stereocenters. The second kappa shape index (κ2) is 4.97. The molecule has 106 valence electrons. The van der Waals surface area contributed by atoms with Crippen molar-refractivity contribution in [3.63, 3.8) is 0 Å². The lowest BCUT2D eigenvalue weighted by atomic mass is 9.60. The summed E-state index contributed by atoms with van der Waals surface area (Å²) in [5.74, 6) is 0.311. The highest BCUT2D eigenvalue weighted by molar-refractivity contribution is 5.85. The van der Waals surface area contributed by atoms with Crippen molar-refractivity contribution < 1.29 is 10.2 Å². The number of rotatable bonds is 1. The number of likely N-dealkylation sites (tertiary alicyclic amines) is 1. The standard InChI is InChI=1S/C15H21NO2.ClH/c1-3-15-6-7-16(2)13(14(15)18)8-10-4-5-11(17)9-12(10)15;/h4-5,9,13-14,17-18H,3,6-8H2,1-2H3;1H/t13-,14-,15-;/m0./s1. The van der Waals surface area contributed by atoms with Gasteiger partial charge in [0.15, 0.2) is 0 Å². The number of phenolic OH excluding ortho intramolecular Hbond substituents is 1. The van der Waals surface area contributed by atoms with Crippen LogP contribution in [0, 0.1) is 0 Å². The van der Waals surface area contributed by atoms with Gasteiger partial charge in [0, 0.05) is 11.5 Å². The van der Waals surface area contributed by atoms with Crippen molar-refractivity contribution >= 4 is 12.4 Å². The molecule has 1 fully saturated rings. The molecule has 1 aromatic rings. The van der Waals surface area contributed by atoms with Crippen molar-refractivity contribution in [3.05, 3.63) is 29.3 Å². The van der Waals surface area contributed by atoms with E-state index in [4.69, 9.17) is 0 Å². The van der Waals surface area contributed by atoms with E-state index < -0.39 is 0 Å². The summed E-state index contributed by atoms with van der Waals surface area (Å²) in [5.41, 5.74) is 2.29. The van der Waals surface area contributed by atoms with Crippen molar-refractivity contribution in [2.24, 2.45) is 0 Å². The summed E-state index contributed by atoms with van der Waals surface area (Å²) in [4.78, 5) is 2.27. The van der Waals surface area contributed by atoms with Crippen molar-refractivity contribution in [2.75, 3.05) is 13.6 Å². The third kappa shape index (κ3) is 1.95. The summed E-state index contributed by atoms with van der Waals surface area (Å²) in [6.45, 7) is 3.16. The van der Waals surface area contributed by atoms with E-state index in [1.54, 1.807) is 6.07 Å². The average molecular weight is 284 g/mol. The van der Waals surface area contributed by atoms with Crippen LogP contribution in [0.2, 0.25) is 0 Å². The first-order valence-electron chi connectivity index (χ1n) is 6.79. The maximum atomic E-state index is 10.7. The number of fused-ring (bicyclic) bond motifs is 4. The summed E-state index contributed by atoms with van der Waals surface area (Å²) in [6, 6.07) is 5.86. The lowest BCUT2D eigenvalue weighted by Gasteiger charge is -2.53. The molecule has 19 heavy (non-hydrogen) atoms. The van der Waals surface area contributed by atoms with Gasteiger partial charge in [-0.15, -0.1) is 12.4 Å². The van der Waals surface area contributed by atoms with Crippen LogP contribution in [0.25, 0.3) is 0 Å². The van der Waals surface area contributed by atoms with E-state index in [-0.39, 0.29) is 30.0 Å². The van der Waals surface area contributed by atoms with E-state index >= 15 is 0 Å². The second-order valence-electron chi connectivity index (χ2n) is 5.80. The first kappa shape index (κ1) is 14.6. The van der Waals surface area contributed by atoms with Gasteiger partial charge < -0.3 is 15.1 Å². The van der Waals surface area contributed by atoms with Crippen molar-refractivity contribution in [1.82, 2.24) is 4.90 Å². The molecule has 3 rings (SSSR count). The summed E-state index contributed by atoms with van der Waals surface area (Å²) < 4.78 is 0. The summed E-state index contributed by atoms with van der Waals surface area (Å²) in [5, 5.41) is 20.5. The Kier molecular flexibility index (Phi) is 3.83. The zero-order valence-corrected chi connectivity index (χ0v) is 12.3. The summed E-state index contributed by atoms with van der Waals surface area (Å²) in [6.07, 6.45) is 2.45. The fraction of sp³-hybridized carbons (Fsp3) is 0.600. The Morgan fingerprint density at radius 1 is 1.42 bits per heavy atom. The Morgan fingerprint density at radius 3 is 2.84 bits per heavy atom. The SMILES string of the molecule is CC[C@]12CCN(C)[C@@H](Cc3ccc(O)cc31)[C@@H]2O.Cl. The van der Waals surface area contributed by atoms with E-state index in [9.17, 15) is 10.2 Å². The van der Waals surface area contributed by atoms with E-state index in [1.807, 2.05) is 12.1 Å². The highest BCUT2D eigenvalue weighted by Gasteiger charge is 2.50. The molecule has 3 nitrogen and oxygen atoms in total. The van der Waals surface area contributed by atoms with Crippen LogP contribution in [0.5, 0.6) is 5.75 Å². The van der Waals surface area contributed by atoms with Gasteiger partial charge >= 0.3 is 0 Å². The van der Waals surface area contributed by atoms with E-state index in [1.165, 1.54) is 11.1 Å². The predicted molar refractivity (Wildman–Crippen MR) is 78.1 cm³/mol. The number of halogens is 1. The molecule has 2 N–H and O–H groups in total. The fourth-order valence-corrected chi connectivity index (χ4v) is 3.87. The number of aliphatic hydroxyl groups excluding tert-OH is 1. The van der Waals surface area contributed by atoms with Crippen LogP contribution in [-0.4, -0.2) is 40.9 Å². The van der Waals surface area contributed by atoms with Crippen molar-refractivity contribution in [1.29, 1.82) is 0 Å². The largest absolute Gasteiger partial charge is 0.508 e. The molecule has 1 aliphatic heterocycles. The molecule has 1 aromatic carbocycles. The normalized spacial score (nSPS) is 33.4. The summed E-state index contributed by atoms with van der Waals surface area (Å²) in [7, 11) is 2.10. The molecule has 1 aliphatic carbocycles. The number of aliphatic hydroxyl groups is 1. The minimum Gasteiger partial charge on any atom is -0.508 e. The molecule has 1 saturated heterocycles. The van der Waals surface area contributed by atoms with Crippen LogP contribution in [0.3, 0.4) is 0 Å².